The molecule has 1 rings (SSSR count). The zero-order chi connectivity index (χ0) is 10.6. The highest BCUT2D eigenvalue weighted by molar-refractivity contribution is 9.09. The van der Waals surface area contributed by atoms with Crippen molar-refractivity contribution in [3.05, 3.63) is 34.3 Å². The van der Waals surface area contributed by atoms with E-state index >= 15 is 0 Å². The number of carbonyl (C=O) groups excluding carboxylic acids is 1. The van der Waals surface area contributed by atoms with E-state index in [0.717, 1.165) is 0 Å². The van der Waals surface area contributed by atoms with Gasteiger partial charge < -0.3 is 5.11 Å². The van der Waals surface area contributed by atoms with E-state index in [1.54, 1.807) is 18.2 Å². The third kappa shape index (κ3) is 2.80. The molecule has 0 saturated heterocycles. The largest absolute Gasteiger partial charge is 0.392 e. The molecular formula is C10H10BrClO2. The summed E-state index contributed by atoms with van der Waals surface area (Å²) >= 11 is 8.97. The molecular weight excluding hydrogens is 267 g/mol. The van der Waals surface area contributed by atoms with Gasteiger partial charge in [0.05, 0.1) is 6.61 Å². The first-order chi connectivity index (χ1) is 6.69. The molecule has 76 valence electrons. The molecule has 0 fully saturated rings. The molecule has 2 nitrogen and oxygen atoms in total. The maximum Gasteiger partial charge on any atom is 0.164 e. The third-order valence-corrected chi connectivity index (χ3v) is 2.50. The van der Waals surface area contributed by atoms with Crippen molar-refractivity contribution in [3.63, 3.8) is 0 Å². The standard InChI is InChI=1S/C10H10BrClO2/c11-4-3-10(14)9-5-8(12)2-1-7(9)6-13/h1-2,5,13H,3-4,6H2. The topological polar surface area (TPSA) is 37.3 Å². The summed E-state index contributed by atoms with van der Waals surface area (Å²) in [6.45, 7) is -0.138. The molecule has 0 saturated carbocycles. The van der Waals surface area contributed by atoms with Crippen LogP contribution in [0.4, 0.5) is 0 Å². The van der Waals surface area contributed by atoms with Gasteiger partial charge in [-0.25, -0.2) is 0 Å². The first-order valence-corrected chi connectivity index (χ1v) is 5.67. The summed E-state index contributed by atoms with van der Waals surface area (Å²) in [7, 11) is 0. The number of ketones is 1. The van der Waals surface area contributed by atoms with E-state index in [-0.39, 0.29) is 12.4 Å². The molecule has 0 amide bonds. The van der Waals surface area contributed by atoms with Gasteiger partial charge in [0.15, 0.2) is 5.78 Å². The Labute approximate surface area is 96.0 Å². The second-order valence-electron chi connectivity index (χ2n) is 2.82. The number of carbonyl (C=O) groups is 1. The van der Waals surface area contributed by atoms with Crippen LogP contribution in [-0.2, 0) is 6.61 Å². The Bertz CT molecular complexity index is 339. The van der Waals surface area contributed by atoms with E-state index in [9.17, 15) is 4.79 Å². The molecule has 4 heteroatoms. The normalized spacial score (nSPS) is 10.2. The number of aliphatic hydroxyl groups is 1. The Balaban J connectivity index is 3.03. The second-order valence-corrected chi connectivity index (χ2v) is 4.05. The average molecular weight is 278 g/mol. The minimum Gasteiger partial charge on any atom is -0.392 e. The van der Waals surface area contributed by atoms with Gasteiger partial charge in [-0.1, -0.05) is 33.6 Å². The number of Topliss-reactive ketones (excluding diaryl/α,β-unsaturated/α-hetero) is 1. The molecule has 1 aromatic rings. The Hall–Kier alpha value is -0.380. The summed E-state index contributed by atoms with van der Waals surface area (Å²) in [5.74, 6) is -0.00609. The molecule has 1 aromatic carbocycles. The quantitative estimate of drug-likeness (QED) is 0.679. The Morgan fingerprint density at radius 1 is 1.50 bits per heavy atom. The number of aliphatic hydroxyl groups excluding tert-OH is 1. The summed E-state index contributed by atoms with van der Waals surface area (Å²) in [5.41, 5.74) is 1.14. The van der Waals surface area contributed by atoms with Gasteiger partial charge in [0.1, 0.15) is 0 Å². The fourth-order valence-corrected chi connectivity index (χ4v) is 1.70. The zero-order valence-electron chi connectivity index (χ0n) is 7.46. The maximum absolute atomic E-state index is 11.6. The van der Waals surface area contributed by atoms with Gasteiger partial charge in [0.25, 0.3) is 0 Å². The van der Waals surface area contributed by atoms with Crippen molar-refractivity contribution in [2.24, 2.45) is 0 Å². The highest BCUT2D eigenvalue weighted by atomic mass is 79.9. The summed E-state index contributed by atoms with van der Waals surface area (Å²) in [6.07, 6.45) is 0.410. The summed E-state index contributed by atoms with van der Waals surface area (Å²) in [5, 5.41) is 10.1. The highest BCUT2D eigenvalue weighted by Crippen LogP contribution is 2.18. The van der Waals surface area contributed by atoms with Crippen LogP contribution in [0.25, 0.3) is 0 Å². The molecule has 0 aliphatic carbocycles. The summed E-state index contributed by atoms with van der Waals surface area (Å²) in [4.78, 5) is 11.6. The van der Waals surface area contributed by atoms with Gasteiger partial charge >= 0.3 is 0 Å². The Morgan fingerprint density at radius 3 is 2.79 bits per heavy atom. The summed E-state index contributed by atoms with van der Waals surface area (Å²) in [6, 6.07) is 4.93. The predicted molar refractivity (Wildman–Crippen MR) is 60.1 cm³/mol. The lowest BCUT2D eigenvalue weighted by Gasteiger charge is -2.05. The lowest BCUT2D eigenvalue weighted by molar-refractivity contribution is 0.0987. The van der Waals surface area contributed by atoms with Crippen molar-refractivity contribution in [1.82, 2.24) is 0 Å². The van der Waals surface area contributed by atoms with Crippen molar-refractivity contribution in [2.75, 3.05) is 5.33 Å². The number of alkyl halides is 1. The zero-order valence-corrected chi connectivity index (χ0v) is 9.81. The van der Waals surface area contributed by atoms with Crippen LogP contribution in [0.15, 0.2) is 18.2 Å². The van der Waals surface area contributed by atoms with Crippen molar-refractivity contribution in [2.45, 2.75) is 13.0 Å². The van der Waals surface area contributed by atoms with Crippen molar-refractivity contribution in [3.8, 4) is 0 Å². The molecule has 0 radical (unpaired) electrons. The van der Waals surface area contributed by atoms with Crippen LogP contribution in [-0.4, -0.2) is 16.2 Å². The number of halogens is 2. The predicted octanol–water partition coefficient (Wildman–Crippen LogP) is 2.80. The Kier molecular flexibility index (Phi) is 4.58. The number of hydrogen-bond acceptors (Lipinski definition) is 2. The smallest absolute Gasteiger partial charge is 0.164 e. The molecule has 0 bridgehead atoms. The molecule has 0 atom stereocenters. The van der Waals surface area contributed by atoms with Crippen LogP contribution in [0.2, 0.25) is 5.02 Å². The lowest BCUT2D eigenvalue weighted by Crippen LogP contribution is -2.04. The fraction of sp³-hybridized carbons (Fsp3) is 0.300. The van der Waals surface area contributed by atoms with E-state index in [4.69, 9.17) is 16.7 Å². The Morgan fingerprint density at radius 2 is 2.21 bits per heavy atom. The molecule has 0 aromatic heterocycles. The first-order valence-electron chi connectivity index (χ1n) is 4.17. The van der Waals surface area contributed by atoms with E-state index in [2.05, 4.69) is 15.9 Å². The van der Waals surface area contributed by atoms with Crippen molar-refractivity contribution >= 4 is 33.3 Å². The van der Waals surface area contributed by atoms with Crippen LogP contribution >= 0.6 is 27.5 Å². The van der Waals surface area contributed by atoms with E-state index in [1.165, 1.54) is 0 Å². The van der Waals surface area contributed by atoms with Crippen molar-refractivity contribution in [1.29, 1.82) is 0 Å². The summed E-state index contributed by atoms with van der Waals surface area (Å²) < 4.78 is 0. The number of benzene rings is 1. The van der Waals surface area contributed by atoms with Gasteiger partial charge in [-0.15, -0.1) is 0 Å². The molecule has 0 unspecified atom stereocenters. The van der Waals surface area contributed by atoms with Gasteiger partial charge in [-0.3, -0.25) is 4.79 Å². The van der Waals surface area contributed by atoms with Gasteiger partial charge in [0, 0.05) is 22.3 Å². The minimum absolute atomic E-state index is 0.00609. The van der Waals surface area contributed by atoms with Crippen LogP contribution in [0, 0.1) is 0 Å². The highest BCUT2D eigenvalue weighted by Gasteiger charge is 2.10. The minimum atomic E-state index is -0.138. The van der Waals surface area contributed by atoms with Gasteiger partial charge in [-0.05, 0) is 17.7 Å². The first kappa shape index (κ1) is 11.7. The number of rotatable bonds is 4. The van der Waals surface area contributed by atoms with Gasteiger partial charge in [-0.2, -0.15) is 0 Å². The third-order valence-electron chi connectivity index (χ3n) is 1.86. The van der Waals surface area contributed by atoms with Gasteiger partial charge in [0.2, 0.25) is 0 Å². The van der Waals surface area contributed by atoms with Crippen molar-refractivity contribution < 1.29 is 9.90 Å². The SMILES string of the molecule is O=C(CCBr)c1cc(Cl)ccc1CO. The lowest BCUT2D eigenvalue weighted by atomic mass is 10.0. The molecule has 14 heavy (non-hydrogen) atoms. The van der Waals surface area contributed by atoms with E-state index in [0.29, 0.717) is 27.9 Å². The molecule has 0 heterocycles. The molecule has 0 spiro atoms. The second kappa shape index (κ2) is 5.49. The number of hydrogen-bond donors (Lipinski definition) is 1. The fourth-order valence-electron chi connectivity index (χ4n) is 1.17. The monoisotopic (exact) mass is 276 g/mol. The molecule has 0 aliphatic heterocycles. The average Bonchev–Trinajstić information content (AvgIpc) is 2.18. The van der Waals surface area contributed by atoms with Crippen LogP contribution in [0.3, 0.4) is 0 Å². The molecule has 1 N–H and O–H groups in total. The van der Waals surface area contributed by atoms with E-state index < -0.39 is 0 Å². The maximum atomic E-state index is 11.6. The van der Waals surface area contributed by atoms with Crippen LogP contribution in [0.1, 0.15) is 22.3 Å². The molecule has 0 aliphatic rings. The van der Waals surface area contributed by atoms with Crippen LogP contribution < -0.4 is 0 Å². The van der Waals surface area contributed by atoms with Crippen LogP contribution in [0.5, 0.6) is 0 Å². The van der Waals surface area contributed by atoms with E-state index in [1.807, 2.05) is 0 Å².